The van der Waals surface area contributed by atoms with Gasteiger partial charge in [-0.3, -0.25) is 9.59 Å². The number of likely N-dealkylation sites (tertiary alicyclic amines) is 1. The Morgan fingerprint density at radius 3 is 2.63 bits per heavy atom. The molecule has 0 spiro atoms. The van der Waals surface area contributed by atoms with Crippen LogP contribution in [0.1, 0.15) is 35.4 Å². The third-order valence-electron chi connectivity index (χ3n) is 6.42. The quantitative estimate of drug-likeness (QED) is 0.241. The van der Waals surface area contributed by atoms with Crippen molar-refractivity contribution in [2.45, 2.75) is 26.4 Å². The van der Waals surface area contributed by atoms with Crippen molar-refractivity contribution < 1.29 is 23.8 Å². The highest BCUT2D eigenvalue weighted by atomic mass is 16.5. The first kappa shape index (κ1) is 22.5. The summed E-state index contributed by atoms with van der Waals surface area (Å²) >= 11 is 0. The van der Waals surface area contributed by atoms with Gasteiger partial charge in [0.1, 0.15) is 17.3 Å². The average Bonchev–Trinajstić information content (AvgIpc) is 3.55. The molecule has 178 valence electrons. The number of hydrogen-bond donors (Lipinski definition) is 1. The Bertz CT molecular complexity index is 1460. The Labute approximate surface area is 202 Å². The van der Waals surface area contributed by atoms with Gasteiger partial charge in [0, 0.05) is 35.3 Å². The van der Waals surface area contributed by atoms with Gasteiger partial charge in [-0.05, 0) is 55.8 Å². The molecule has 0 saturated carbocycles. The van der Waals surface area contributed by atoms with Gasteiger partial charge in [0.2, 0.25) is 0 Å². The van der Waals surface area contributed by atoms with Gasteiger partial charge in [0.25, 0.3) is 11.7 Å². The minimum atomic E-state index is -0.780. The number of aromatic nitrogens is 1. The molecule has 1 amide bonds. The summed E-state index contributed by atoms with van der Waals surface area (Å²) in [7, 11) is 1.92. The normalized spacial score (nSPS) is 17.5. The molecule has 3 heterocycles. The Balaban J connectivity index is 1.71. The first-order valence-electron chi connectivity index (χ1n) is 11.5. The van der Waals surface area contributed by atoms with Crippen LogP contribution in [0.4, 0.5) is 0 Å². The summed E-state index contributed by atoms with van der Waals surface area (Å²) in [5, 5.41) is 12.3. The molecule has 2 aromatic heterocycles. The second kappa shape index (κ2) is 8.83. The van der Waals surface area contributed by atoms with Crippen LogP contribution in [-0.4, -0.2) is 32.9 Å². The number of amides is 1. The number of nitrogens with zero attached hydrogens (tertiary/aromatic N) is 2. The van der Waals surface area contributed by atoms with Crippen LogP contribution in [0.2, 0.25) is 0 Å². The number of Topliss-reactive ketones (excluding diaryl/α,β-unsaturated/α-hetero) is 1. The van der Waals surface area contributed by atoms with Crippen LogP contribution >= 0.6 is 0 Å². The smallest absolute Gasteiger partial charge is 0.296 e. The second-order valence-corrected chi connectivity index (χ2v) is 8.63. The predicted octanol–water partition coefficient (Wildman–Crippen LogP) is 5.10. The number of ether oxygens (including phenoxy) is 1. The van der Waals surface area contributed by atoms with Gasteiger partial charge in [-0.2, -0.15) is 0 Å². The van der Waals surface area contributed by atoms with Crippen molar-refractivity contribution in [1.82, 2.24) is 9.47 Å². The number of carbonyl (C=O) groups is 2. The summed E-state index contributed by atoms with van der Waals surface area (Å²) in [4.78, 5) is 28.1. The Morgan fingerprint density at radius 2 is 1.91 bits per heavy atom. The summed E-state index contributed by atoms with van der Waals surface area (Å²) in [5.74, 6) is -0.363. The summed E-state index contributed by atoms with van der Waals surface area (Å²) in [6, 6.07) is 15.7. The van der Waals surface area contributed by atoms with Gasteiger partial charge in [-0.1, -0.05) is 18.2 Å². The molecule has 1 saturated heterocycles. The van der Waals surface area contributed by atoms with Gasteiger partial charge in [0.15, 0.2) is 0 Å². The maximum absolute atomic E-state index is 13.4. The van der Waals surface area contributed by atoms with E-state index in [1.54, 1.807) is 30.3 Å². The molecule has 1 fully saturated rings. The molecule has 1 aliphatic heterocycles. The monoisotopic (exact) mass is 470 g/mol. The van der Waals surface area contributed by atoms with E-state index in [0.29, 0.717) is 23.7 Å². The molecule has 1 N–H and O–H groups in total. The minimum Gasteiger partial charge on any atom is -0.507 e. The van der Waals surface area contributed by atoms with Crippen molar-refractivity contribution in [3.8, 4) is 5.75 Å². The number of hydrogen-bond acceptors (Lipinski definition) is 5. The van der Waals surface area contributed by atoms with Crippen LogP contribution in [0.5, 0.6) is 5.75 Å². The van der Waals surface area contributed by atoms with Crippen molar-refractivity contribution in [2.75, 3.05) is 6.61 Å². The Hall–Kier alpha value is -4.26. The van der Waals surface area contributed by atoms with E-state index in [1.165, 1.54) is 11.2 Å². The third kappa shape index (κ3) is 3.79. The first-order valence-corrected chi connectivity index (χ1v) is 11.5. The number of aliphatic hydroxyl groups excluding tert-OH is 1. The molecule has 1 unspecified atom stereocenters. The number of fused-ring (bicyclic) bond motifs is 1. The number of para-hydroxylation sites is 1. The fourth-order valence-corrected chi connectivity index (χ4v) is 4.80. The molecule has 7 heteroatoms. The first-order chi connectivity index (χ1) is 16.9. The van der Waals surface area contributed by atoms with Crippen LogP contribution in [-0.2, 0) is 23.2 Å². The molecule has 1 atom stereocenters. The molecule has 4 aromatic rings. The van der Waals surface area contributed by atoms with Gasteiger partial charge in [-0.25, -0.2) is 0 Å². The van der Waals surface area contributed by atoms with Crippen LogP contribution in [0.15, 0.2) is 77.0 Å². The summed E-state index contributed by atoms with van der Waals surface area (Å²) in [6.07, 6.45) is 3.44. The zero-order valence-corrected chi connectivity index (χ0v) is 19.8. The number of rotatable bonds is 6. The fourth-order valence-electron chi connectivity index (χ4n) is 4.80. The number of furan rings is 1. The van der Waals surface area contributed by atoms with Gasteiger partial charge in [0.05, 0.1) is 31.0 Å². The highest BCUT2D eigenvalue weighted by Gasteiger charge is 2.47. The number of ketones is 1. The topological polar surface area (TPSA) is 84.9 Å². The van der Waals surface area contributed by atoms with E-state index in [-0.39, 0.29) is 17.9 Å². The largest absolute Gasteiger partial charge is 0.507 e. The molecule has 35 heavy (non-hydrogen) atoms. The van der Waals surface area contributed by atoms with Crippen LogP contribution in [0.3, 0.4) is 0 Å². The van der Waals surface area contributed by atoms with Crippen molar-refractivity contribution in [3.05, 3.63) is 95.1 Å². The summed E-state index contributed by atoms with van der Waals surface area (Å²) in [5.41, 5.74) is 3.05. The third-order valence-corrected chi connectivity index (χ3v) is 6.42. The number of aliphatic hydroxyl groups is 1. The number of benzene rings is 2. The van der Waals surface area contributed by atoms with Gasteiger partial charge in [-0.15, -0.1) is 0 Å². The molecular formula is C28H26N2O5. The highest BCUT2D eigenvalue weighted by molar-refractivity contribution is 6.46. The summed E-state index contributed by atoms with van der Waals surface area (Å²) in [6.45, 7) is 4.40. The van der Waals surface area contributed by atoms with E-state index >= 15 is 0 Å². The van der Waals surface area contributed by atoms with Crippen LogP contribution < -0.4 is 4.74 Å². The van der Waals surface area contributed by atoms with Gasteiger partial charge < -0.3 is 23.7 Å². The number of carbonyl (C=O) groups excluding carboxylic acids is 2. The van der Waals surface area contributed by atoms with Crippen molar-refractivity contribution in [3.63, 3.8) is 0 Å². The van der Waals surface area contributed by atoms with E-state index < -0.39 is 17.7 Å². The molecule has 2 aromatic carbocycles. The maximum Gasteiger partial charge on any atom is 0.296 e. The molecular weight excluding hydrogens is 444 g/mol. The lowest BCUT2D eigenvalue weighted by Gasteiger charge is -2.24. The lowest BCUT2D eigenvalue weighted by molar-refractivity contribution is -0.140. The minimum absolute atomic E-state index is 0.0569. The standard InChI is InChI=1S/C28H26N2O5/c1-4-34-23-12-11-18(14-17(23)2)26(31)24-25(21-16-29(3)22-10-6-5-9-20(21)22)30(28(33)27(24)32)15-19-8-7-13-35-19/h5-14,16,25,31H,4,15H2,1-3H3/b26-24+. The SMILES string of the molecule is CCOc1ccc(/C(O)=C2\C(=O)C(=O)N(Cc3ccco3)C2c2cn(C)c3ccccc23)cc1C. The molecule has 7 nitrogen and oxygen atoms in total. The van der Waals surface area contributed by atoms with Crippen molar-refractivity contribution in [2.24, 2.45) is 7.05 Å². The molecule has 0 aliphatic carbocycles. The van der Waals surface area contributed by atoms with Crippen molar-refractivity contribution >= 4 is 28.4 Å². The molecule has 1 aliphatic rings. The maximum atomic E-state index is 13.4. The molecule has 0 radical (unpaired) electrons. The van der Waals surface area contributed by atoms with E-state index in [1.807, 2.05) is 55.9 Å². The van der Waals surface area contributed by atoms with Crippen LogP contribution in [0, 0.1) is 6.92 Å². The summed E-state index contributed by atoms with van der Waals surface area (Å²) < 4.78 is 13.1. The van der Waals surface area contributed by atoms with E-state index in [2.05, 4.69) is 0 Å². The highest BCUT2D eigenvalue weighted by Crippen LogP contribution is 2.43. The van der Waals surface area contributed by atoms with Crippen LogP contribution in [0.25, 0.3) is 16.7 Å². The average molecular weight is 471 g/mol. The van der Waals surface area contributed by atoms with E-state index in [4.69, 9.17) is 9.15 Å². The molecule has 5 rings (SSSR count). The molecule has 0 bridgehead atoms. The fraction of sp³-hybridized carbons (Fsp3) is 0.214. The zero-order chi connectivity index (χ0) is 24.7. The Morgan fingerprint density at radius 1 is 1.11 bits per heavy atom. The van der Waals surface area contributed by atoms with Crippen molar-refractivity contribution in [1.29, 1.82) is 0 Å². The zero-order valence-electron chi connectivity index (χ0n) is 19.8. The number of aryl methyl sites for hydroxylation is 2. The lowest BCUT2D eigenvalue weighted by Crippen LogP contribution is -2.29. The van der Waals surface area contributed by atoms with E-state index in [0.717, 1.165) is 22.0 Å². The predicted molar refractivity (Wildman–Crippen MR) is 132 cm³/mol. The Kier molecular flexibility index (Phi) is 5.68. The lowest BCUT2D eigenvalue weighted by atomic mass is 9.94. The second-order valence-electron chi connectivity index (χ2n) is 8.63. The van der Waals surface area contributed by atoms with E-state index in [9.17, 15) is 14.7 Å². The van der Waals surface area contributed by atoms with Gasteiger partial charge >= 0.3 is 0 Å².